The summed E-state index contributed by atoms with van der Waals surface area (Å²) in [5.41, 5.74) is 7.92. The van der Waals surface area contributed by atoms with E-state index in [2.05, 4.69) is 4.74 Å². The van der Waals surface area contributed by atoms with E-state index in [1.54, 1.807) is 48.5 Å². The summed E-state index contributed by atoms with van der Waals surface area (Å²) in [4.78, 5) is 38.9. The molecule has 2 aromatic carbocycles. The largest absolute Gasteiger partial charge is 0.469 e. The summed E-state index contributed by atoms with van der Waals surface area (Å²) in [5, 5.41) is 7.42. The van der Waals surface area contributed by atoms with E-state index in [-0.39, 0.29) is 43.1 Å². The fourth-order valence-corrected chi connectivity index (χ4v) is 2.94. The number of methoxy groups -OCH3 is 1. The summed E-state index contributed by atoms with van der Waals surface area (Å²) in [6.07, 6.45) is 0.783. The fourth-order valence-electron chi connectivity index (χ4n) is 2.94. The highest BCUT2D eigenvalue weighted by Crippen LogP contribution is 2.26. The molecule has 29 heavy (non-hydrogen) atoms. The normalized spacial score (nSPS) is 13.3. The zero-order chi connectivity index (χ0) is 20.3. The summed E-state index contributed by atoms with van der Waals surface area (Å²) >= 11 is 0. The van der Waals surface area contributed by atoms with E-state index in [1.165, 1.54) is 12.0 Å². The Labute approximate surface area is 174 Å². The first-order valence-electron chi connectivity index (χ1n) is 8.65. The van der Waals surface area contributed by atoms with Crippen molar-refractivity contribution in [1.29, 1.82) is 5.41 Å². The Hall–Kier alpha value is -3.39. The van der Waals surface area contributed by atoms with Crippen LogP contribution in [0.2, 0.25) is 0 Å². The van der Waals surface area contributed by atoms with Gasteiger partial charge in [0.2, 0.25) is 0 Å². The van der Waals surface area contributed by atoms with Crippen LogP contribution in [0.5, 0.6) is 0 Å². The standard InChI is InChI=1S/C20H20N4O4.ClH/c1-28-18(26)11-4-13-2-7-16(8-3-13)24-17(25)12-23(20(24)27)15-9-5-14(6-10-15)19(21)22;/h2-3,5-10H,4,11-12H2,1H3,(H3,21,22);1H. The number of hydrogen-bond donors (Lipinski definition) is 2. The Kier molecular flexibility index (Phi) is 6.95. The molecule has 0 saturated carbocycles. The lowest BCUT2D eigenvalue weighted by atomic mass is 10.1. The van der Waals surface area contributed by atoms with Gasteiger partial charge >= 0.3 is 12.0 Å². The topological polar surface area (TPSA) is 117 Å². The van der Waals surface area contributed by atoms with Crippen molar-refractivity contribution in [1.82, 2.24) is 0 Å². The van der Waals surface area contributed by atoms with Crippen molar-refractivity contribution in [3.8, 4) is 0 Å². The Balaban J connectivity index is 0.00000300. The van der Waals surface area contributed by atoms with Gasteiger partial charge in [-0.1, -0.05) is 12.1 Å². The number of hydrogen-bond acceptors (Lipinski definition) is 5. The summed E-state index contributed by atoms with van der Waals surface area (Å²) in [7, 11) is 1.34. The number of halogens is 1. The van der Waals surface area contributed by atoms with E-state index in [0.29, 0.717) is 23.4 Å². The van der Waals surface area contributed by atoms with Crippen molar-refractivity contribution in [3.05, 3.63) is 59.7 Å². The number of carbonyl (C=O) groups is 3. The Morgan fingerprint density at radius 3 is 2.21 bits per heavy atom. The first kappa shape index (κ1) is 21.9. The predicted octanol–water partition coefficient (Wildman–Crippen LogP) is 2.47. The first-order chi connectivity index (χ1) is 13.4. The van der Waals surface area contributed by atoms with Crippen molar-refractivity contribution >= 4 is 47.5 Å². The van der Waals surface area contributed by atoms with Crippen molar-refractivity contribution in [2.24, 2.45) is 5.73 Å². The molecule has 1 aliphatic heterocycles. The number of urea groups is 1. The molecule has 0 unspecified atom stereocenters. The highest BCUT2D eigenvalue weighted by atomic mass is 35.5. The van der Waals surface area contributed by atoms with Crippen LogP contribution in [0.3, 0.4) is 0 Å². The molecule has 3 rings (SSSR count). The molecule has 1 saturated heterocycles. The minimum atomic E-state index is -0.442. The molecule has 152 valence electrons. The van der Waals surface area contributed by atoms with E-state index in [1.807, 2.05) is 0 Å². The van der Waals surface area contributed by atoms with Gasteiger partial charge < -0.3 is 10.5 Å². The molecule has 0 atom stereocenters. The highest BCUT2D eigenvalue weighted by molar-refractivity contribution is 6.27. The van der Waals surface area contributed by atoms with Crippen LogP contribution in [0.1, 0.15) is 17.5 Å². The summed E-state index contributed by atoms with van der Waals surface area (Å²) in [5.74, 6) is -0.687. The predicted molar refractivity (Wildman–Crippen MR) is 112 cm³/mol. The van der Waals surface area contributed by atoms with E-state index < -0.39 is 6.03 Å². The molecule has 9 heteroatoms. The van der Waals surface area contributed by atoms with Gasteiger partial charge in [0, 0.05) is 17.7 Å². The minimum absolute atomic E-state index is 0. The van der Waals surface area contributed by atoms with Crippen LogP contribution in [0, 0.1) is 5.41 Å². The van der Waals surface area contributed by atoms with Gasteiger partial charge in [0.05, 0.1) is 12.8 Å². The monoisotopic (exact) mass is 416 g/mol. The van der Waals surface area contributed by atoms with Crippen molar-refractivity contribution in [2.45, 2.75) is 12.8 Å². The number of nitrogen functional groups attached to an aromatic ring is 1. The number of nitrogens with two attached hydrogens (primary N) is 1. The number of ether oxygens (including phenoxy) is 1. The second kappa shape index (κ2) is 9.20. The van der Waals surface area contributed by atoms with Gasteiger partial charge in [-0.15, -0.1) is 12.4 Å². The van der Waals surface area contributed by atoms with E-state index in [9.17, 15) is 14.4 Å². The fraction of sp³-hybridized carbons (Fsp3) is 0.200. The third kappa shape index (κ3) is 4.72. The number of nitrogens with one attached hydrogen (secondary N) is 1. The molecule has 0 bridgehead atoms. The maximum absolute atomic E-state index is 12.8. The lowest BCUT2D eigenvalue weighted by Gasteiger charge is -2.17. The van der Waals surface area contributed by atoms with Gasteiger partial charge in [-0.25, -0.2) is 9.69 Å². The van der Waals surface area contributed by atoms with Crippen LogP contribution in [-0.4, -0.2) is 37.4 Å². The summed E-state index contributed by atoms with van der Waals surface area (Å²) < 4.78 is 4.62. The molecule has 0 radical (unpaired) electrons. The van der Waals surface area contributed by atoms with Crippen LogP contribution >= 0.6 is 12.4 Å². The maximum Gasteiger partial charge on any atom is 0.336 e. The Bertz CT molecular complexity index is 929. The second-order valence-corrected chi connectivity index (χ2v) is 6.30. The third-order valence-electron chi connectivity index (χ3n) is 4.49. The first-order valence-corrected chi connectivity index (χ1v) is 8.65. The second-order valence-electron chi connectivity index (χ2n) is 6.30. The quantitative estimate of drug-likeness (QED) is 0.324. The van der Waals surface area contributed by atoms with Crippen LogP contribution in [-0.2, 0) is 20.7 Å². The number of benzene rings is 2. The molecular formula is C20H21ClN4O4. The van der Waals surface area contributed by atoms with Crippen molar-refractivity contribution in [2.75, 3.05) is 23.5 Å². The SMILES string of the molecule is COC(=O)CCc1ccc(N2C(=O)CN(c3ccc(C(=N)N)cc3)C2=O)cc1.Cl. The lowest BCUT2D eigenvalue weighted by molar-refractivity contribution is -0.140. The van der Waals surface area contributed by atoms with Gasteiger partial charge in [0.15, 0.2) is 0 Å². The molecule has 1 fully saturated rings. The average molecular weight is 417 g/mol. The van der Waals surface area contributed by atoms with Crippen LogP contribution in [0.4, 0.5) is 16.2 Å². The van der Waals surface area contributed by atoms with Crippen molar-refractivity contribution < 1.29 is 19.1 Å². The zero-order valence-corrected chi connectivity index (χ0v) is 16.6. The van der Waals surface area contributed by atoms with Crippen LogP contribution < -0.4 is 15.5 Å². The molecule has 1 aliphatic rings. The van der Waals surface area contributed by atoms with E-state index in [4.69, 9.17) is 11.1 Å². The van der Waals surface area contributed by atoms with Gasteiger partial charge in [0.1, 0.15) is 12.4 Å². The Morgan fingerprint density at radius 2 is 1.66 bits per heavy atom. The Morgan fingerprint density at radius 1 is 1.07 bits per heavy atom. The number of rotatable bonds is 6. The molecule has 8 nitrogen and oxygen atoms in total. The number of anilines is 2. The summed E-state index contributed by atoms with van der Waals surface area (Å²) in [6, 6.07) is 13.1. The third-order valence-corrected chi connectivity index (χ3v) is 4.49. The molecule has 0 spiro atoms. The number of imide groups is 1. The number of carbonyl (C=O) groups excluding carboxylic acids is 3. The maximum atomic E-state index is 12.8. The lowest BCUT2D eigenvalue weighted by Crippen LogP contribution is -2.33. The smallest absolute Gasteiger partial charge is 0.336 e. The van der Waals surface area contributed by atoms with E-state index in [0.717, 1.165) is 10.5 Å². The van der Waals surface area contributed by atoms with Gasteiger partial charge in [-0.2, -0.15) is 0 Å². The average Bonchev–Trinajstić information content (AvgIpc) is 3.00. The number of esters is 1. The zero-order valence-electron chi connectivity index (χ0n) is 15.8. The molecule has 0 aliphatic carbocycles. The number of amidine groups is 1. The molecule has 3 amide bonds. The summed E-state index contributed by atoms with van der Waals surface area (Å²) in [6.45, 7) is -0.0671. The van der Waals surface area contributed by atoms with E-state index >= 15 is 0 Å². The molecule has 0 aromatic heterocycles. The molecule has 1 heterocycles. The van der Waals surface area contributed by atoms with Crippen molar-refractivity contribution in [3.63, 3.8) is 0 Å². The molecule has 2 aromatic rings. The number of amides is 3. The number of nitrogens with zero attached hydrogens (tertiary/aromatic N) is 2. The van der Waals surface area contributed by atoms with Gasteiger partial charge in [-0.3, -0.25) is 19.9 Å². The van der Waals surface area contributed by atoms with Crippen LogP contribution in [0.15, 0.2) is 48.5 Å². The minimum Gasteiger partial charge on any atom is -0.469 e. The molecular weight excluding hydrogens is 396 g/mol. The van der Waals surface area contributed by atoms with Gasteiger partial charge in [0.25, 0.3) is 5.91 Å². The highest BCUT2D eigenvalue weighted by Gasteiger charge is 2.37. The van der Waals surface area contributed by atoms with Gasteiger partial charge in [-0.05, 0) is 48.4 Å². The molecule has 3 N–H and O–H groups in total. The van der Waals surface area contributed by atoms with Crippen LogP contribution in [0.25, 0.3) is 0 Å². The number of aryl methyl sites for hydroxylation is 1.